The summed E-state index contributed by atoms with van der Waals surface area (Å²) in [7, 11) is 0. The smallest absolute Gasteiger partial charge is 0.187 e. The number of likely N-dealkylation sites (N-methyl/N-ethyl adjacent to an activating group) is 1. The summed E-state index contributed by atoms with van der Waals surface area (Å²) in [5.41, 5.74) is 3.70. The molecule has 2 heterocycles. The average molecular weight is 304 g/mol. The summed E-state index contributed by atoms with van der Waals surface area (Å²) in [4.78, 5) is 19.2. The maximum absolute atomic E-state index is 12.8. The first-order valence-corrected chi connectivity index (χ1v) is 7.89. The standard InChI is InChI=1S/C20H20N2O/c1-2-22-14-18(11-16-7-4-3-5-8-16)20(23)19(15-22)12-17-9-6-10-21-13-17/h3-13H,2,14-15H2,1H3/b18-11+,19-12+. The summed E-state index contributed by atoms with van der Waals surface area (Å²) in [5.74, 6) is 0.141. The molecule has 1 aliphatic rings. The number of hydrogen-bond donors (Lipinski definition) is 0. The van der Waals surface area contributed by atoms with Gasteiger partial charge in [-0.3, -0.25) is 14.7 Å². The van der Waals surface area contributed by atoms with Gasteiger partial charge in [-0.1, -0.05) is 43.3 Å². The van der Waals surface area contributed by atoms with Gasteiger partial charge in [0.05, 0.1) is 0 Å². The fourth-order valence-electron chi connectivity index (χ4n) is 2.75. The number of aromatic nitrogens is 1. The molecule has 0 saturated carbocycles. The van der Waals surface area contributed by atoms with Gasteiger partial charge in [0, 0.05) is 36.6 Å². The van der Waals surface area contributed by atoms with Crippen molar-refractivity contribution in [3.8, 4) is 0 Å². The maximum atomic E-state index is 12.8. The monoisotopic (exact) mass is 304 g/mol. The lowest BCUT2D eigenvalue weighted by Crippen LogP contribution is -2.37. The van der Waals surface area contributed by atoms with Crippen molar-refractivity contribution >= 4 is 17.9 Å². The quantitative estimate of drug-likeness (QED) is 0.814. The van der Waals surface area contributed by atoms with Crippen molar-refractivity contribution in [3.05, 3.63) is 77.1 Å². The minimum absolute atomic E-state index is 0.141. The van der Waals surface area contributed by atoms with Crippen molar-refractivity contribution < 1.29 is 4.79 Å². The molecular weight excluding hydrogens is 284 g/mol. The molecule has 0 unspecified atom stereocenters. The van der Waals surface area contributed by atoms with Gasteiger partial charge in [-0.05, 0) is 35.9 Å². The summed E-state index contributed by atoms with van der Waals surface area (Å²) < 4.78 is 0. The Balaban J connectivity index is 1.94. The first kappa shape index (κ1) is 15.4. The van der Waals surface area contributed by atoms with Crippen LogP contribution in [0.1, 0.15) is 18.1 Å². The minimum atomic E-state index is 0.141. The van der Waals surface area contributed by atoms with Crippen molar-refractivity contribution in [2.45, 2.75) is 6.92 Å². The third-order valence-corrected chi connectivity index (χ3v) is 3.98. The molecular formula is C20H20N2O. The number of benzene rings is 1. The highest BCUT2D eigenvalue weighted by Crippen LogP contribution is 2.21. The van der Waals surface area contributed by atoms with E-state index in [9.17, 15) is 4.79 Å². The van der Waals surface area contributed by atoms with Gasteiger partial charge in [0.2, 0.25) is 0 Å². The molecule has 0 radical (unpaired) electrons. The zero-order valence-corrected chi connectivity index (χ0v) is 13.3. The molecule has 0 bridgehead atoms. The van der Waals surface area contributed by atoms with Gasteiger partial charge in [0.25, 0.3) is 0 Å². The van der Waals surface area contributed by atoms with Gasteiger partial charge in [-0.2, -0.15) is 0 Å². The summed E-state index contributed by atoms with van der Waals surface area (Å²) in [6.45, 7) is 4.44. The Morgan fingerprint density at radius 3 is 2.26 bits per heavy atom. The lowest BCUT2D eigenvalue weighted by atomic mass is 9.94. The average Bonchev–Trinajstić information content (AvgIpc) is 2.60. The van der Waals surface area contributed by atoms with Crippen molar-refractivity contribution in [1.29, 1.82) is 0 Å². The summed E-state index contributed by atoms with van der Waals surface area (Å²) in [6, 6.07) is 13.9. The second-order valence-corrected chi connectivity index (χ2v) is 5.67. The van der Waals surface area contributed by atoms with Crippen LogP contribution in [0.4, 0.5) is 0 Å². The van der Waals surface area contributed by atoms with E-state index in [2.05, 4.69) is 16.8 Å². The summed E-state index contributed by atoms with van der Waals surface area (Å²) in [5, 5.41) is 0. The Kier molecular flexibility index (Phi) is 4.79. The molecule has 1 saturated heterocycles. The lowest BCUT2D eigenvalue weighted by molar-refractivity contribution is -0.113. The van der Waals surface area contributed by atoms with E-state index < -0.39 is 0 Å². The molecule has 0 amide bonds. The van der Waals surface area contributed by atoms with Crippen LogP contribution >= 0.6 is 0 Å². The number of rotatable bonds is 3. The molecule has 1 aliphatic heterocycles. The molecule has 2 aromatic rings. The lowest BCUT2D eigenvalue weighted by Gasteiger charge is -2.28. The number of likely N-dealkylation sites (tertiary alicyclic amines) is 1. The van der Waals surface area contributed by atoms with Gasteiger partial charge in [-0.15, -0.1) is 0 Å². The first-order chi connectivity index (χ1) is 11.3. The number of carbonyl (C=O) groups excluding carboxylic acids is 1. The van der Waals surface area contributed by atoms with Crippen molar-refractivity contribution in [1.82, 2.24) is 9.88 Å². The van der Waals surface area contributed by atoms with E-state index in [1.54, 1.807) is 12.4 Å². The zero-order chi connectivity index (χ0) is 16.1. The number of hydrogen-bond acceptors (Lipinski definition) is 3. The molecule has 0 N–H and O–H groups in total. The molecule has 0 aliphatic carbocycles. The second kappa shape index (κ2) is 7.16. The van der Waals surface area contributed by atoms with Gasteiger partial charge >= 0.3 is 0 Å². The largest absolute Gasteiger partial charge is 0.295 e. The Labute approximate surface area is 137 Å². The molecule has 0 atom stereocenters. The molecule has 3 rings (SSSR count). The van der Waals surface area contributed by atoms with Gasteiger partial charge in [0.15, 0.2) is 5.78 Å². The van der Waals surface area contributed by atoms with E-state index in [4.69, 9.17) is 0 Å². The number of ketones is 1. The number of carbonyl (C=O) groups is 1. The van der Waals surface area contributed by atoms with Crippen molar-refractivity contribution in [3.63, 3.8) is 0 Å². The summed E-state index contributed by atoms with van der Waals surface area (Å²) in [6.07, 6.45) is 7.48. The Bertz CT molecular complexity index is 671. The Morgan fingerprint density at radius 2 is 1.65 bits per heavy atom. The molecule has 0 spiro atoms. The molecule has 116 valence electrons. The number of nitrogens with zero attached hydrogens (tertiary/aromatic N) is 2. The Morgan fingerprint density at radius 1 is 1.00 bits per heavy atom. The van der Waals surface area contributed by atoms with Gasteiger partial charge < -0.3 is 0 Å². The number of pyridine rings is 1. The highest BCUT2D eigenvalue weighted by atomic mass is 16.1. The molecule has 3 heteroatoms. The minimum Gasteiger partial charge on any atom is -0.295 e. The third kappa shape index (κ3) is 3.82. The zero-order valence-electron chi connectivity index (χ0n) is 13.3. The first-order valence-electron chi connectivity index (χ1n) is 7.89. The van der Waals surface area contributed by atoms with E-state index in [-0.39, 0.29) is 5.78 Å². The number of Topliss-reactive ketones (excluding diaryl/α,β-unsaturated/α-hetero) is 1. The summed E-state index contributed by atoms with van der Waals surface area (Å²) >= 11 is 0. The molecule has 1 aromatic carbocycles. The Hall–Kier alpha value is -2.52. The third-order valence-electron chi connectivity index (χ3n) is 3.98. The van der Waals surface area contributed by atoms with Crippen LogP contribution in [0.3, 0.4) is 0 Å². The predicted octanol–water partition coefficient (Wildman–Crippen LogP) is 3.45. The fraction of sp³-hybridized carbons (Fsp3) is 0.200. The normalized spacial score (nSPS) is 19.4. The second-order valence-electron chi connectivity index (χ2n) is 5.67. The maximum Gasteiger partial charge on any atom is 0.187 e. The van der Waals surface area contributed by atoms with E-state index in [1.807, 2.05) is 54.6 Å². The van der Waals surface area contributed by atoms with Gasteiger partial charge in [-0.25, -0.2) is 0 Å². The molecule has 23 heavy (non-hydrogen) atoms. The van der Waals surface area contributed by atoms with Gasteiger partial charge in [0.1, 0.15) is 0 Å². The van der Waals surface area contributed by atoms with Crippen molar-refractivity contribution in [2.24, 2.45) is 0 Å². The fourth-order valence-corrected chi connectivity index (χ4v) is 2.75. The van der Waals surface area contributed by atoms with Crippen LogP contribution in [0.2, 0.25) is 0 Å². The van der Waals surface area contributed by atoms with E-state index in [0.29, 0.717) is 13.1 Å². The number of piperidine rings is 1. The van der Waals surface area contributed by atoms with Crippen LogP contribution in [0.5, 0.6) is 0 Å². The predicted molar refractivity (Wildman–Crippen MR) is 93.8 cm³/mol. The molecule has 1 aromatic heterocycles. The van der Waals surface area contributed by atoms with E-state index in [0.717, 1.165) is 28.8 Å². The topological polar surface area (TPSA) is 33.2 Å². The molecule has 1 fully saturated rings. The van der Waals surface area contributed by atoms with Crippen LogP contribution in [-0.4, -0.2) is 35.3 Å². The van der Waals surface area contributed by atoms with E-state index in [1.165, 1.54) is 0 Å². The van der Waals surface area contributed by atoms with Crippen molar-refractivity contribution in [2.75, 3.05) is 19.6 Å². The van der Waals surface area contributed by atoms with Crippen LogP contribution in [0.15, 0.2) is 66.0 Å². The SMILES string of the molecule is CCN1C/C(=C\c2ccccc2)C(=O)/C(=C/c2cccnc2)C1. The van der Waals surface area contributed by atoms with Crippen LogP contribution < -0.4 is 0 Å². The highest BCUT2D eigenvalue weighted by molar-refractivity contribution is 6.14. The molecule has 3 nitrogen and oxygen atoms in total. The highest BCUT2D eigenvalue weighted by Gasteiger charge is 2.25. The van der Waals surface area contributed by atoms with E-state index >= 15 is 0 Å². The van der Waals surface area contributed by atoms with Crippen LogP contribution in [-0.2, 0) is 4.79 Å². The van der Waals surface area contributed by atoms with Crippen LogP contribution in [0, 0.1) is 0 Å². The van der Waals surface area contributed by atoms with Crippen LogP contribution in [0.25, 0.3) is 12.2 Å².